The normalized spacial score (nSPS) is 11.9. The summed E-state index contributed by atoms with van der Waals surface area (Å²) in [6.45, 7) is 0.128. The van der Waals surface area contributed by atoms with Crippen molar-refractivity contribution < 1.29 is 28.5 Å². The van der Waals surface area contributed by atoms with Gasteiger partial charge in [-0.1, -0.05) is 0 Å². The summed E-state index contributed by atoms with van der Waals surface area (Å²) in [7, 11) is 2.93. The Balaban J connectivity index is 2.06. The SMILES string of the molecule is COc1cc(C=O)c(C(=O)c2ccc3c(c2)OCO3)cc1OC. The lowest BCUT2D eigenvalue weighted by molar-refractivity contribution is 0.102. The Hall–Kier alpha value is -3.02. The lowest BCUT2D eigenvalue weighted by Crippen LogP contribution is -2.07. The molecule has 0 radical (unpaired) electrons. The number of aldehydes is 1. The summed E-state index contributed by atoms with van der Waals surface area (Å²) in [6.07, 6.45) is 0.613. The topological polar surface area (TPSA) is 71.1 Å². The Labute approximate surface area is 132 Å². The summed E-state index contributed by atoms with van der Waals surface area (Å²) in [5.41, 5.74) is 0.853. The second-order valence-electron chi connectivity index (χ2n) is 4.81. The molecule has 0 N–H and O–H groups in total. The molecule has 0 atom stereocenters. The summed E-state index contributed by atoms with van der Waals surface area (Å²) >= 11 is 0. The van der Waals surface area contributed by atoms with Crippen LogP contribution in [-0.4, -0.2) is 33.1 Å². The van der Waals surface area contributed by atoms with E-state index in [-0.39, 0.29) is 23.7 Å². The summed E-state index contributed by atoms with van der Waals surface area (Å²) in [5.74, 6) is 1.54. The van der Waals surface area contributed by atoms with Gasteiger partial charge in [0.05, 0.1) is 14.2 Å². The van der Waals surface area contributed by atoms with Crippen molar-refractivity contribution in [3.05, 3.63) is 47.0 Å². The molecule has 0 unspecified atom stereocenters. The van der Waals surface area contributed by atoms with E-state index in [1.807, 2.05) is 0 Å². The first-order chi connectivity index (χ1) is 11.2. The van der Waals surface area contributed by atoms with Gasteiger partial charge in [0.1, 0.15) is 0 Å². The van der Waals surface area contributed by atoms with E-state index in [1.165, 1.54) is 26.4 Å². The molecular weight excluding hydrogens is 300 g/mol. The average molecular weight is 314 g/mol. The van der Waals surface area contributed by atoms with Gasteiger partial charge in [0, 0.05) is 16.7 Å². The van der Waals surface area contributed by atoms with E-state index in [1.54, 1.807) is 18.2 Å². The van der Waals surface area contributed by atoms with Crippen LogP contribution >= 0.6 is 0 Å². The number of hydrogen-bond donors (Lipinski definition) is 0. The van der Waals surface area contributed by atoms with Crippen LogP contribution in [-0.2, 0) is 0 Å². The molecule has 1 aliphatic rings. The third kappa shape index (κ3) is 2.59. The zero-order valence-corrected chi connectivity index (χ0v) is 12.6. The molecule has 2 aromatic carbocycles. The van der Waals surface area contributed by atoms with Gasteiger partial charge in [-0.25, -0.2) is 0 Å². The van der Waals surface area contributed by atoms with Gasteiger partial charge in [-0.05, 0) is 30.3 Å². The Bertz CT molecular complexity index is 781. The van der Waals surface area contributed by atoms with Gasteiger partial charge in [0.2, 0.25) is 6.79 Å². The van der Waals surface area contributed by atoms with Crippen molar-refractivity contribution in [2.45, 2.75) is 0 Å². The van der Waals surface area contributed by atoms with Crippen molar-refractivity contribution in [2.75, 3.05) is 21.0 Å². The fourth-order valence-corrected chi connectivity index (χ4v) is 2.38. The number of ketones is 1. The molecule has 0 spiro atoms. The van der Waals surface area contributed by atoms with Crippen molar-refractivity contribution >= 4 is 12.1 Å². The predicted octanol–water partition coefficient (Wildman–Crippen LogP) is 2.48. The predicted molar refractivity (Wildman–Crippen MR) is 80.9 cm³/mol. The molecule has 0 bridgehead atoms. The molecule has 2 aromatic rings. The van der Waals surface area contributed by atoms with Gasteiger partial charge in [0.25, 0.3) is 0 Å². The Kier molecular flexibility index (Phi) is 3.89. The molecule has 1 aliphatic heterocycles. The zero-order chi connectivity index (χ0) is 16.4. The quantitative estimate of drug-likeness (QED) is 0.624. The fraction of sp³-hybridized carbons (Fsp3) is 0.176. The molecule has 3 rings (SSSR count). The fourth-order valence-electron chi connectivity index (χ4n) is 2.38. The molecular formula is C17H14O6. The molecule has 6 heteroatoms. The van der Waals surface area contributed by atoms with Crippen molar-refractivity contribution in [3.63, 3.8) is 0 Å². The Morgan fingerprint density at radius 3 is 2.43 bits per heavy atom. The highest BCUT2D eigenvalue weighted by Crippen LogP contribution is 2.35. The molecule has 118 valence electrons. The van der Waals surface area contributed by atoms with Gasteiger partial charge in [-0.2, -0.15) is 0 Å². The van der Waals surface area contributed by atoms with Gasteiger partial charge in [-0.3, -0.25) is 9.59 Å². The van der Waals surface area contributed by atoms with Crippen LogP contribution in [0.25, 0.3) is 0 Å². The second-order valence-corrected chi connectivity index (χ2v) is 4.81. The van der Waals surface area contributed by atoms with Crippen LogP contribution in [0.1, 0.15) is 26.3 Å². The number of rotatable bonds is 5. The van der Waals surface area contributed by atoms with Gasteiger partial charge in [0.15, 0.2) is 35.1 Å². The first-order valence-corrected chi connectivity index (χ1v) is 6.83. The van der Waals surface area contributed by atoms with Crippen LogP contribution in [0.2, 0.25) is 0 Å². The highest BCUT2D eigenvalue weighted by atomic mass is 16.7. The van der Waals surface area contributed by atoms with Crippen LogP contribution in [0.4, 0.5) is 0 Å². The molecule has 0 fully saturated rings. The summed E-state index contributed by atoms with van der Waals surface area (Å²) < 4.78 is 20.8. The smallest absolute Gasteiger partial charge is 0.231 e. The van der Waals surface area contributed by atoms with E-state index in [9.17, 15) is 9.59 Å². The van der Waals surface area contributed by atoms with Crippen LogP contribution in [0, 0.1) is 0 Å². The van der Waals surface area contributed by atoms with E-state index in [0.717, 1.165) is 0 Å². The minimum absolute atomic E-state index is 0.128. The second kappa shape index (κ2) is 6.00. The third-order valence-corrected chi connectivity index (χ3v) is 3.56. The van der Waals surface area contributed by atoms with Crippen molar-refractivity contribution in [1.82, 2.24) is 0 Å². The summed E-state index contributed by atoms with van der Waals surface area (Å²) in [6, 6.07) is 7.86. The third-order valence-electron chi connectivity index (χ3n) is 3.56. The number of carbonyl (C=O) groups excluding carboxylic acids is 2. The molecule has 0 saturated carbocycles. The van der Waals surface area contributed by atoms with E-state index in [2.05, 4.69) is 0 Å². The largest absolute Gasteiger partial charge is 0.493 e. The number of ether oxygens (including phenoxy) is 4. The highest BCUT2D eigenvalue weighted by Gasteiger charge is 2.21. The number of benzene rings is 2. The molecule has 0 saturated heterocycles. The average Bonchev–Trinajstić information content (AvgIpc) is 3.07. The number of fused-ring (bicyclic) bond motifs is 1. The van der Waals surface area contributed by atoms with Gasteiger partial charge in [-0.15, -0.1) is 0 Å². The summed E-state index contributed by atoms with van der Waals surface area (Å²) in [5, 5.41) is 0. The van der Waals surface area contributed by atoms with Crippen molar-refractivity contribution in [3.8, 4) is 23.0 Å². The Morgan fingerprint density at radius 1 is 1.04 bits per heavy atom. The highest BCUT2D eigenvalue weighted by molar-refractivity contribution is 6.13. The molecule has 6 nitrogen and oxygen atoms in total. The first-order valence-electron chi connectivity index (χ1n) is 6.83. The van der Waals surface area contributed by atoms with Crippen molar-refractivity contribution in [2.24, 2.45) is 0 Å². The van der Waals surface area contributed by atoms with Gasteiger partial charge < -0.3 is 18.9 Å². The van der Waals surface area contributed by atoms with Crippen molar-refractivity contribution in [1.29, 1.82) is 0 Å². The minimum Gasteiger partial charge on any atom is -0.493 e. The molecule has 0 aromatic heterocycles. The van der Waals surface area contributed by atoms with E-state index >= 15 is 0 Å². The molecule has 0 aliphatic carbocycles. The lowest BCUT2D eigenvalue weighted by Gasteiger charge is -2.11. The summed E-state index contributed by atoms with van der Waals surface area (Å²) in [4.78, 5) is 24.1. The molecule has 23 heavy (non-hydrogen) atoms. The first kappa shape index (κ1) is 14.9. The monoisotopic (exact) mass is 314 g/mol. The van der Waals surface area contributed by atoms with E-state index in [4.69, 9.17) is 18.9 Å². The van der Waals surface area contributed by atoms with Crippen LogP contribution < -0.4 is 18.9 Å². The maximum atomic E-state index is 12.7. The standard InChI is InChI=1S/C17H14O6/c1-20-14-6-11(8-18)12(7-15(14)21-2)17(19)10-3-4-13-16(5-10)23-9-22-13/h3-8H,9H2,1-2H3. The zero-order valence-electron chi connectivity index (χ0n) is 12.6. The van der Waals surface area contributed by atoms with Gasteiger partial charge >= 0.3 is 0 Å². The minimum atomic E-state index is -0.314. The lowest BCUT2D eigenvalue weighted by atomic mass is 9.98. The maximum absolute atomic E-state index is 12.7. The number of hydrogen-bond acceptors (Lipinski definition) is 6. The maximum Gasteiger partial charge on any atom is 0.231 e. The van der Waals surface area contributed by atoms with Crippen LogP contribution in [0.3, 0.4) is 0 Å². The number of carbonyl (C=O) groups is 2. The van der Waals surface area contributed by atoms with Crippen LogP contribution in [0.5, 0.6) is 23.0 Å². The molecule has 1 heterocycles. The molecule has 0 amide bonds. The van der Waals surface area contributed by atoms with Crippen LogP contribution in [0.15, 0.2) is 30.3 Å². The van der Waals surface area contributed by atoms with E-state index < -0.39 is 0 Å². The van der Waals surface area contributed by atoms with E-state index in [0.29, 0.717) is 34.8 Å². The Morgan fingerprint density at radius 2 is 1.74 bits per heavy atom. The number of methoxy groups -OCH3 is 2.